The molecule has 0 spiro atoms. The van der Waals surface area contributed by atoms with Gasteiger partial charge in [-0.15, -0.1) is 0 Å². The van der Waals surface area contributed by atoms with Crippen molar-refractivity contribution in [2.24, 2.45) is 7.05 Å². The van der Waals surface area contributed by atoms with E-state index in [1.807, 2.05) is 61.5 Å². The quantitative estimate of drug-likeness (QED) is 0.475. The van der Waals surface area contributed by atoms with Gasteiger partial charge in [0.05, 0.1) is 23.2 Å². The van der Waals surface area contributed by atoms with E-state index in [4.69, 9.17) is 9.72 Å². The van der Waals surface area contributed by atoms with E-state index in [0.717, 1.165) is 41.0 Å². The second kappa shape index (κ2) is 8.82. The molecule has 0 saturated heterocycles. The van der Waals surface area contributed by atoms with E-state index in [9.17, 15) is 4.79 Å². The van der Waals surface area contributed by atoms with Crippen LogP contribution in [-0.2, 0) is 19.9 Å². The molecule has 0 aliphatic rings. The first kappa shape index (κ1) is 19.7. The van der Waals surface area contributed by atoms with Gasteiger partial charge in [0.25, 0.3) is 5.91 Å². The third-order valence-corrected chi connectivity index (χ3v) is 5.13. The molecule has 152 valence electrons. The Hall–Kier alpha value is -3.60. The molecule has 30 heavy (non-hydrogen) atoms. The topological polar surface area (TPSA) is 56.1 Å². The zero-order valence-electron chi connectivity index (χ0n) is 17.3. The smallest absolute Gasteiger partial charge is 0.259 e. The summed E-state index contributed by atoms with van der Waals surface area (Å²) in [5.41, 5.74) is 4.61. The molecular weight excluding hydrogens is 374 g/mol. The van der Waals surface area contributed by atoms with Crippen LogP contribution in [0.3, 0.4) is 0 Å². The zero-order valence-corrected chi connectivity index (χ0v) is 17.3. The molecule has 0 saturated carbocycles. The standard InChI is InChI=1S/C25H25N3O2/c1-3-30-23-14-7-4-11-20(23)25(29)26-19-10-8-9-18(17-19)15-16-24-27-21-12-5-6-13-22(21)28(24)2/h4-14,17H,3,15-16H2,1-2H3,(H,26,29). The highest BCUT2D eigenvalue weighted by Crippen LogP contribution is 2.21. The number of aryl methyl sites for hydroxylation is 3. The van der Waals surface area contributed by atoms with Gasteiger partial charge < -0.3 is 14.6 Å². The van der Waals surface area contributed by atoms with Gasteiger partial charge in [-0.25, -0.2) is 4.98 Å². The first-order valence-electron chi connectivity index (χ1n) is 10.2. The number of nitrogens with zero attached hydrogens (tertiary/aromatic N) is 2. The van der Waals surface area contributed by atoms with Crippen molar-refractivity contribution in [3.63, 3.8) is 0 Å². The van der Waals surface area contributed by atoms with Gasteiger partial charge in [-0.1, -0.05) is 36.4 Å². The fourth-order valence-corrected chi connectivity index (χ4v) is 3.61. The number of anilines is 1. The molecule has 5 heteroatoms. The third kappa shape index (κ3) is 4.20. The summed E-state index contributed by atoms with van der Waals surface area (Å²) in [5.74, 6) is 1.47. The van der Waals surface area contributed by atoms with Crippen molar-refractivity contribution < 1.29 is 9.53 Å². The van der Waals surface area contributed by atoms with Crippen LogP contribution in [0.2, 0.25) is 0 Å². The highest BCUT2D eigenvalue weighted by molar-refractivity contribution is 6.06. The predicted octanol–water partition coefficient (Wildman–Crippen LogP) is 5.01. The fraction of sp³-hybridized carbons (Fsp3) is 0.200. The minimum absolute atomic E-state index is 0.174. The lowest BCUT2D eigenvalue weighted by molar-refractivity contribution is 0.102. The summed E-state index contributed by atoms with van der Waals surface area (Å²) in [4.78, 5) is 17.5. The number of para-hydroxylation sites is 3. The Morgan fingerprint density at radius 2 is 1.80 bits per heavy atom. The maximum Gasteiger partial charge on any atom is 0.259 e. The average Bonchev–Trinajstić information content (AvgIpc) is 3.09. The molecule has 1 aromatic heterocycles. The normalized spacial score (nSPS) is 10.9. The molecule has 0 fully saturated rings. The van der Waals surface area contributed by atoms with E-state index in [1.165, 1.54) is 0 Å². The Balaban J connectivity index is 1.46. The molecule has 0 bridgehead atoms. The summed E-state index contributed by atoms with van der Waals surface area (Å²) >= 11 is 0. The Labute approximate surface area is 176 Å². The maximum absolute atomic E-state index is 12.7. The number of hydrogen-bond acceptors (Lipinski definition) is 3. The number of amides is 1. The molecule has 3 aromatic carbocycles. The van der Waals surface area contributed by atoms with Gasteiger partial charge in [0.1, 0.15) is 11.6 Å². The van der Waals surface area contributed by atoms with Crippen LogP contribution in [0.15, 0.2) is 72.8 Å². The lowest BCUT2D eigenvalue weighted by Crippen LogP contribution is -2.13. The van der Waals surface area contributed by atoms with Crippen molar-refractivity contribution in [2.75, 3.05) is 11.9 Å². The molecule has 1 heterocycles. The van der Waals surface area contributed by atoms with Crippen LogP contribution in [0.25, 0.3) is 11.0 Å². The summed E-state index contributed by atoms with van der Waals surface area (Å²) in [6.07, 6.45) is 1.67. The van der Waals surface area contributed by atoms with Crippen LogP contribution in [0.4, 0.5) is 5.69 Å². The Morgan fingerprint density at radius 3 is 2.63 bits per heavy atom. The largest absolute Gasteiger partial charge is 0.493 e. The number of imidazole rings is 1. The number of ether oxygens (including phenoxy) is 1. The highest BCUT2D eigenvalue weighted by atomic mass is 16.5. The molecule has 4 aromatic rings. The summed E-state index contributed by atoms with van der Waals surface area (Å²) in [5, 5.41) is 2.99. The molecule has 1 N–H and O–H groups in total. The number of carbonyl (C=O) groups excluding carboxylic acids is 1. The Bertz CT molecular complexity index is 1180. The van der Waals surface area contributed by atoms with E-state index in [1.54, 1.807) is 6.07 Å². The lowest BCUT2D eigenvalue weighted by Gasteiger charge is -2.11. The number of rotatable bonds is 7. The van der Waals surface area contributed by atoms with Gasteiger partial charge in [-0.3, -0.25) is 4.79 Å². The fourth-order valence-electron chi connectivity index (χ4n) is 3.61. The number of nitrogens with one attached hydrogen (secondary N) is 1. The monoisotopic (exact) mass is 399 g/mol. The second-order valence-electron chi connectivity index (χ2n) is 7.16. The van der Waals surface area contributed by atoms with Crippen molar-refractivity contribution in [3.05, 3.63) is 89.7 Å². The van der Waals surface area contributed by atoms with Crippen molar-refractivity contribution in [1.29, 1.82) is 0 Å². The minimum Gasteiger partial charge on any atom is -0.493 e. The van der Waals surface area contributed by atoms with Gasteiger partial charge in [0, 0.05) is 19.2 Å². The van der Waals surface area contributed by atoms with Crippen LogP contribution in [-0.4, -0.2) is 22.1 Å². The molecule has 0 unspecified atom stereocenters. The van der Waals surface area contributed by atoms with Gasteiger partial charge in [0.15, 0.2) is 0 Å². The number of hydrogen-bond donors (Lipinski definition) is 1. The van der Waals surface area contributed by atoms with Crippen LogP contribution in [0.5, 0.6) is 5.75 Å². The first-order valence-corrected chi connectivity index (χ1v) is 10.2. The SMILES string of the molecule is CCOc1ccccc1C(=O)Nc1cccc(CCc2nc3ccccc3n2C)c1. The van der Waals surface area contributed by atoms with E-state index >= 15 is 0 Å². The average molecular weight is 399 g/mol. The molecule has 0 aliphatic heterocycles. The van der Waals surface area contributed by atoms with Crippen LogP contribution in [0, 0.1) is 0 Å². The molecular formula is C25H25N3O2. The number of fused-ring (bicyclic) bond motifs is 1. The van der Waals surface area contributed by atoms with Gasteiger partial charge >= 0.3 is 0 Å². The summed E-state index contributed by atoms with van der Waals surface area (Å²) < 4.78 is 7.72. The molecule has 5 nitrogen and oxygen atoms in total. The minimum atomic E-state index is -0.174. The molecule has 4 rings (SSSR count). The van der Waals surface area contributed by atoms with Crippen LogP contribution < -0.4 is 10.1 Å². The van der Waals surface area contributed by atoms with Crippen molar-refractivity contribution in [2.45, 2.75) is 19.8 Å². The zero-order chi connectivity index (χ0) is 20.9. The van der Waals surface area contributed by atoms with Crippen LogP contribution >= 0.6 is 0 Å². The second-order valence-corrected chi connectivity index (χ2v) is 7.16. The summed E-state index contributed by atoms with van der Waals surface area (Å²) in [7, 11) is 2.05. The van der Waals surface area contributed by atoms with Crippen molar-refractivity contribution >= 4 is 22.6 Å². The summed E-state index contributed by atoms with van der Waals surface area (Å²) in [6.45, 7) is 2.42. The van der Waals surface area contributed by atoms with Crippen molar-refractivity contribution in [3.8, 4) is 5.75 Å². The predicted molar refractivity (Wildman–Crippen MR) is 120 cm³/mol. The van der Waals surface area contributed by atoms with Gasteiger partial charge in [0.2, 0.25) is 0 Å². The van der Waals surface area contributed by atoms with Crippen LogP contribution in [0.1, 0.15) is 28.7 Å². The maximum atomic E-state index is 12.7. The number of benzene rings is 3. The van der Waals surface area contributed by atoms with E-state index in [-0.39, 0.29) is 5.91 Å². The Kier molecular flexibility index (Phi) is 5.80. The highest BCUT2D eigenvalue weighted by Gasteiger charge is 2.12. The number of aromatic nitrogens is 2. The summed E-state index contributed by atoms with van der Waals surface area (Å²) in [6, 6.07) is 23.4. The van der Waals surface area contributed by atoms with Crippen molar-refractivity contribution in [1.82, 2.24) is 9.55 Å². The Morgan fingerprint density at radius 1 is 1.00 bits per heavy atom. The van der Waals surface area contributed by atoms with Gasteiger partial charge in [-0.2, -0.15) is 0 Å². The van der Waals surface area contributed by atoms with E-state index in [2.05, 4.69) is 29.1 Å². The lowest BCUT2D eigenvalue weighted by atomic mass is 10.1. The molecule has 0 radical (unpaired) electrons. The van der Waals surface area contributed by atoms with Gasteiger partial charge in [-0.05, 0) is 55.3 Å². The molecule has 0 atom stereocenters. The van der Waals surface area contributed by atoms with E-state index in [0.29, 0.717) is 17.9 Å². The molecule has 0 aliphatic carbocycles. The first-order chi connectivity index (χ1) is 14.7. The van der Waals surface area contributed by atoms with E-state index < -0.39 is 0 Å². The number of carbonyl (C=O) groups is 1. The third-order valence-electron chi connectivity index (χ3n) is 5.13. The molecule has 1 amide bonds.